The van der Waals surface area contributed by atoms with E-state index in [0.29, 0.717) is 42.7 Å². The molecule has 1 aliphatic rings. The number of carbonyl (C=O) groups is 1. The van der Waals surface area contributed by atoms with E-state index in [1.54, 1.807) is 7.11 Å². The van der Waals surface area contributed by atoms with Gasteiger partial charge in [-0.3, -0.25) is 4.79 Å². The normalized spacial score (nSPS) is 16.2. The summed E-state index contributed by atoms with van der Waals surface area (Å²) in [4.78, 5) is 19.0. The average Bonchev–Trinajstić information content (AvgIpc) is 3.37. The maximum atomic E-state index is 12.6. The summed E-state index contributed by atoms with van der Waals surface area (Å²) in [5, 5.41) is 4.13. The summed E-state index contributed by atoms with van der Waals surface area (Å²) in [7, 11) is 1.60. The van der Waals surface area contributed by atoms with Gasteiger partial charge in [-0.25, -0.2) is 0 Å². The number of aryl methyl sites for hydroxylation is 1. The Hall–Kier alpha value is -3.35. The second kappa shape index (κ2) is 8.79. The van der Waals surface area contributed by atoms with Crippen molar-refractivity contribution in [1.29, 1.82) is 0 Å². The molecule has 1 aliphatic heterocycles. The largest absolute Gasteiger partial charge is 0.493 e. The number of nitrogens with zero attached hydrogens (tertiary/aromatic N) is 3. The van der Waals surface area contributed by atoms with E-state index in [4.69, 9.17) is 14.0 Å². The van der Waals surface area contributed by atoms with Gasteiger partial charge in [0.1, 0.15) is 0 Å². The molecule has 0 aliphatic carbocycles. The lowest BCUT2D eigenvalue weighted by atomic mass is 10.1. The monoisotopic (exact) mass is 421 g/mol. The van der Waals surface area contributed by atoms with Crippen molar-refractivity contribution in [2.75, 3.05) is 13.7 Å². The molecule has 4 rings (SSSR count). The van der Waals surface area contributed by atoms with Crippen LogP contribution >= 0.6 is 0 Å². The fourth-order valence-corrected chi connectivity index (χ4v) is 3.76. The van der Waals surface area contributed by atoms with Crippen molar-refractivity contribution >= 4 is 5.91 Å². The summed E-state index contributed by atoms with van der Waals surface area (Å²) in [5.74, 6) is 2.22. The topological polar surface area (TPSA) is 77.7 Å². The number of hydrogen-bond donors (Lipinski definition) is 0. The van der Waals surface area contributed by atoms with Gasteiger partial charge in [-0.15, -0.1) is 0 Å². The molecule has 2 heterocycles. The molecule has 1 amide bonds. The van der Waals surface area contributed by atoms with Gasteiger partial charge in [0.25, 0.3) is 0 Å². The summed E-state index contributed by atoms with van der Waals surface area (Å²) < 4.78 is 16.7. The summed E-state index contributed by atoms with van der Waals surface area (Å²) >= 11 is 0. The molecule has 1 fully saturated rings. The summed E-state index contributed by atoms with van der Waals surface area (Å²) in [6.07, 6.45) is 0.414. The van der Waals surface area contributed by atoms with Crippen molar-refractivity contribution in [3.63, 3.8) is 0 Å². The predicted molar refractivity (Wildman–Crippen MR) is 116 cm³/mol. The highest BCUT2D eigenvalue weighted by Gasteiger charge is 2.34. The molecule has 162 valence electrons. The van der Waals surface area contributed by atoms with E-state index in [1.165, 1.54) is 5.56 Å². The zero-order valence-corrected chi connectivity index (χ0v) is 18.3. The molecule has 0 saturated carbocycles. The van der Waals surface area contributed by atoms with Gasteiger partial charge in [-0.1, -0.05) is 29.4 Å². The van der Waals surface area contributed by atoms with Crippen LogP contribution in [0.2, 0.25) is 0 Å². The van der Waals surface area contributed by atoms with Crippen LogP contribution in [-0.4, -0.2) is 40.7 Å². The molecule has 0 bridgehead atoms. The molecule has 1 atom stereocenters. The highest BCUT2D eigenvalue weighted by Crippen LogP contribution is 2.34. The van der Waals surface area contributed by atoms with Crippen molar-refractivity contribution < 1.29 is 18.8 Å². The van der Waals surface area contributed by atoms with Crippen LogP contribution < -0.4 is 9.47 Å². The van der Waals surface area contributed by atoms with Gasteiger partial charge >= 0.3 is 0 Å². The smallest absolute Gasteiger partial charge is 0.232 e. The van der Waals surface area contributed by atoms with Crippen molar-refractivity contribution in [3.05, 3.63) is 59.5 Å². The molecule has 0 radical (unpaired) electrons. The zero-order chi connectivity index (χ0) is 22.0. The Morgan fingerprint density at radius 1 is 1.19 bits per heavy atom. The number of aromatic nitrogens is 2. The Balaban J connectivity index is 1.49. The summed E-state index contributed by atoms with van der Waals surface area (Å²) in [5.41, 5.74) is 3.10. The Morgan fingerprint density at radius 2 is 2.00 bits per heavy atom. The minimum absolute atomic E-state index is 0.0408. The molecule has 0 spiro atoms. The minimum atomic E-state index is -0.108. The first-order chi connectivity index (χ1) is 14.9. The van der Waals surface area contributed by atoms with Gasteiger partial charge in [0, 0.05) is 25.1 Å². The van der Waals surface area contributed by atoms with Crippen LogP contribution in [0, 0.1) is 6.92 Å². The molecule has 31 heavy (non-hydrogen) atoms. The molecule has 0 N–H and O–H groups in total. The number of benzene rings is 2. The number of likely N-dealkylation sites (tertiary alicyclic amines) is 1. The molecular formula is C24H27N3O4. The van der Waals surface area contributed by atoms with Crippen LogP contribution in [0.3, 0.4) is 0 Å². The van der Waals surface area contributed by atoms with Crippen LogP contribution in [0.15, 0.2) is 47.0 Å². The molecule has 2 aromatic carbocycles. The number of hydrogen-bond acceptors (Lipinski definition) is 6. The Morgan fingerprint density at radius 3 is 2.74 bits per heavy atom. The summed E-state index contributed by atoms with van der Waals surface area (Å²) in [6, 6.07) is 13.7. The van der Waals surface area contributed by atoms with Crippen LogP contribution in [0.1, 0.15) is 43.2 Å². The quantitative estimate of drug-likeness (QED) is 0.564. The highest BCUT2D eigenvalue weighted by atomic mass is 16.5. The third kappa shape index (κ3) is 4.55. The van der Waals surface area contributed by atoms with Crippen LogP contribution in [0.4, 0.5) is 0 Å². The highest BCUT2D eigenvalue weighted by molar-refractivity contribution is 5.79. The van der Waals surface area contributed by atoms with Gasteiger partial charge in [0.05, 0.1) is 19.1 Å². The van der Waals surface area contributed by atoms with E-state index < -0.39 is 0 Å². The maximum absolute atomic E-state index is 12.6. The lowest BCUT2D eigenvalue weighted by molar-refractivity contribution is -0.128. The molecule has 1 unspecified atom stereocenters. The Labute approximate surface area is 182 Å². The summed E-state index contributed by atoms with van der Waals surface area (Å²) in [6.45, 7) is 7.15. The van der Waals surface area contributed by atoms with E-state index in [9.17, 15) is 4.79 Å². The van der Waals surface area contributed by atoms with E-state index in [1.807, 2.05) is 49.1 Å². The molecule has 7 nitrogen and oxygen atoms in total. The first-order valence-corrected chi connectivity index (χ1v) is 10.5. The number of ether oxygens (including phenoxy) is 2. The third-order valence-corrected chi connectivity index (χ3v) is 5.41. The van der Waals surface area contributed by atoms with Gasteiger partial charge in [0.15, 0.2) is 11.5 Å². The molecule has 1 aromatic heterocycles. The molecule has 1 saturated heterocycles. The number of rotatable bonds is 7. The van der Waals surface area contributed by atoms with Crippen LogP contribution in [-0.2, 0) is 11.3 Å². The van der Waals surface area contributed by atoms with Crippen molar-refractivity contribution in [2.24, 2.45) is 0 Å². The van der Waals surface area contributed by atoms with Crippen LogP contribution in [0.5, 0.6) is 11.5 Å². The second-order valence-electron chi connectivity index (χ2n) is 8.09. The van der Waals surface area contributed by atoms with E-state index in [-0.39, 0.29) is 17.9 Å². The lowest BCUT2D eigenvalue weighted by Gasteiger charge is -2.17. The van der Waals surface area contributed by atoms with Gasteiger partial charge in [-0.2, -0.15) is 4.98 Å². The molecular weight excluding hydrogens is 394 g/mol. The van der Waals surface area contributed by atoms with Gasteiger partial charge in [0.2, 0.25) is 17.6 Å². The third-order valence-electron chi connectivity index (χ3n) is 5.41. The average molecular weight is 421 g/mol. The van der Waals surface area contributed by atoms with Gasteiger partial charge in [-0.05, 0) is 50.1 Å². The maximum Gasteiger partial charge on any atom is 0.232 e. The minimum Gasteiger partial charge on any atom is -0.493 e. The lowest BCUT2D eigenvalue weighted by Crippen LogP contribution is -2.24. The molecule has 3 aromatic rings. The number of carbonyl (C=O) groups excluding carboxylic acids is 1. The molecule has 7 heteroatoms. The van der Waals surface area contributed by atoms with E-state index >= 15 is 0 Å². The number of amides is 1. The predicted octanol–water partition coefficient (Wildman–Crippen LogP) is 4.36. The first kappa shape index (κ1) is 20.9. The SMILES string of the molecule is COc1cc(-c2noc(C3CC(=O)N(Cc4ccccc4C)C3)n2)ccc1OC(C)C. The zero-order valence-electron chi connectivity index (χ0n) is 18.3. The second-order valence-corrected chi connectivity index (χ2v) is 8.09. The van der Waals surface area contributed by atoms with Crippen molar-refractivity contribution in [1.82, 2.24) is 15.0 Å². The Bertz CT molecular complexity index is 1080. The standard InChI is InChI=1S/C24H27N3O4/c1-15(2)30-20-10-9-17(11-21(20)29-4)23-25-24(31-26-23)19-12-22(28)27(14-19)13-18-8-6-5-7-16(18)3/h5-11,15,19H,12-14H2,1-4H3. The van der Waals surface area contributed by atoms with Crippen LogP contribution in [0.25, 0.3) is 11.4 Å². The van der Waals surface area contributed by atoms with Crippen molar-refractivity contribution in [2.45, 2.75) is 45.8 Å². The van der Waals surface area contributed by atoms with Gasteiger partial charge < -0.3 is 18.9 Å². The van der Waals surface area contributed by atoms with E-state index in [0.717, 1.165) is 11.1 Å². The fourth-order valence-electron chi connectivity index (χ4n) is 3.76. The van der Waals surface area contributed by atoms with E-state index in [2.05, 4.69) is 29.2 Å². The number of methoxy groups -OCH3 is 1. The Kier molecular flexibility index (Phi) is 5.93. The van der Waals surface area contributed by atoms with Crippen molar-refractivity contribution in [3.8, 4) is 22.9 Å². The fraction of sp³-hybridized carbons (Fsp3) is 0.375. The first-order valence-electron chi connectivity index (χ1n) is 10.5.